The molecule has 1 aromatic heterocycles. The minimum atomic E-state index is -0.806. The number of anilines is 3. The molecule has 2 aliphatic rings. The topological polar surface area (TPSA) is 175 Å². The van der Waals surface area contributed by atoms with E-state index in [0.29, 0.717) is 34.8 Å². The Morgan fingerprint density at radius 2 is 1.78 bits per heavy atom. The van der Waals surface area contributed by atoms with Crippen LogP contribution in [-0.4, -0.2) is 71.3 Å². The van der Waals surface area contributed by atoms with Gasteiger partial charge in [0.05, 0.1) is 35.2 Å². The molecule has 3 aromatic rings. The number of nitrogens with two attached hydrogens (primary N) is 1. The Labute approximate surface area is 291 Å². The predicted molar refractivity (Wildman–Crippen MR) is 184 cm³/mol. The number of thioether (sulfide) groups is 1. The van der Waals surface area contributed by atoms with Crippen molar-refractivity contribution in [2.45, 2.75) is 62.8 Å². The summed E-state index contributed by atoms with van der Waals surface area (Å²) in [6.45, 7) is 6.98. The largest absolute Gasteiger partial charge is 0.462 e. The number of thiophene rings is 1. The Bertz CT molecular complexity index is 1800. The summed E-state index contributed by atoms with van der Waals surface area (Å²) >= 11 is 2.40. The standard InChI is InChI=1S/C34H36N4O9S2/c1-5-45-32(43)28-23-13-14-37(33(44)47-34(2,3)4)17-25(23)49-29(28)36-26(39)18-46-31(42)19-9-11-21(12-10-19)38-27(40)16-24(30(38)41)48-22-8-6-7-20(35)15-22/h6-12,15,24H,5,13-14,16-18,35H2,1-4H3,(H,36,39). The lowest BCUT2D eigenvalue weighted by Crippen LogP contribution is -2.39. The Kier molecular flexibility index (Phi) is 10.6. The molecular formula is C34H36N4O9S2. The van der Waals surface area contributed by atoms with Crippen molar-refractivity contribution in [3.63, 3.8) is 0 Å². The van der Waals surface area contributed by atoms with Gasteiger partial charge in [0.2, 0.25) is 11.8 Å². The van der Waals surface area contributed by atoms with Crippen molar-refractivity contribution in [1.82, 2.24) is 4.90 Å². The second kappa shape index (κ2) is 14.7. The maximum absolute atomic E-state index is 13.1. The number of nitrogen functional groups attached to an aromatic ring is 1. The zero-order chi connectivity index (χ0) is 35.5. The van der Waals surface area contributed by atoms with E-state index < -0.39 is 41.4 Å². The van der Waals surface area contributed by atoms with Crippen molar-refractivity contribution in [3.8, 4) is 0 Å². The van der Waals surface area contributed by atoms with Gasteiger partial charge >= 0.3 is 18.0 Å². The van der Waals surface area contributed by atoms with Gasteiger partial charge in [-0.3, -0.25) is 14.4 Å². The smallest absolute Gasteiger partial charge is 0.410 e. The van der Waals surface area contributed by atoms with Gasteiger partial charge in [-0.2, -0.15) is 0 Å². The Balaban J connectivity index is 1.20. The van der Waals surface area contributed by atoms with E-state index in [9.17, 15) is 28.8 Å². The minimum Gasteiger partial charge on any atom is -0.462 e. The van der Waals surface area contributed by atoms with E-state index in [1.54, 1.807) is 45.9 Å². The molecule has 258 valence electrons. The molecule has 0 saturated carbocycles. The highest BCUT2D eigenvalue weighted by atomic mass is 32.2. The van der Waals surface area contributed by atoms with E-state index in [2.05, 4.69) is 5.32 Å². The van der Waals surface area contributed by atoms with E-state index in [4.69, 9.17) is 19.9 Å². The van der Waals surface area contributed by atoms with E-state index in [0.717, 1.165) is 21.1 Å². The molecule has 2 aromatic carbocycles. The summed E-state index contributed by atoms with van der Waals surface area (Å²) in [5, 5.41) is 2.27. The number of imide groups is 1. The maximum atomic E-state index is 13.1. The molecule has 0 radical (unpaired) electrons. The molecule has 3 N–H and O–H groups in total. The van der Waals surface area contributed by atoms with Crippen LogP contribution in [0.3, 0.4) is 0 Å². The first-order valence-electron chi connectivity index (χ1n) is 15.5. The van der Waals surface area contributed by atoms with Gasteiger partial charge in [-0.05, 0) is 82.1 Å². The number of nitrogens with one attached hydrogen (secondary N) is 1. The van der Waals surface area contributed by atoms with Crippen molar-refractivity contribution in [1.29, 1.82) is 0 Å². The summed E-state index contributed by atoms with van der Waals surface area (Å²) in [6, 6.07) is 12.8. The number of benzene rings is 2. The van der Waals surface area contributed by atoms with Crippen LogP contribution in [0, 0.1) is 0 Å². The number of carbonyl (C=O) groups excluding carboxylic acids is 6. The Morgan fingerprint density at radius 3 is 2.45 bits per heavy atom. The van der Waals surface area contributed by atoms with E-state index in [-0.39, 0.29) is 47.5 Å². The third-order valence-corrected chi connectivity index (χ3v) is 9.69. The first kappa shape index (κ1) is 35.4. The zero-order valence-corrected chi connectivity index (χ0v) is 29.0. The number of hydrogen-bond donors (Lipinski definition) is 2. The van der Waals surface area contributed by atoms with Gasteiger partial charge in [-0.15, -0.1) is 23.1 Å². The van der Waals surface area contributed by atoms with E-state index >= 15 is 0 Å². The SMILES string of the molecule is CCOC(=O)c1c(NC(=O)COC(=O)c2ccc(N3C(=O)CC(Sc4cccc(N)c4)C3=O)cc2)sc2c1CCN(C(=O)OC(C)(C)C)C2. The van der Waals surface area contributed by atoms with Crippen LogP contribution in [0.15, 0.2) is 53.4 Å². The summed E-state index contributed by atoms with van der Waals surface area (Å²) in [7, 11) is 0. The molecule has 13 nitrogen and oxygen atoms in total. The third-order valence-electron chi connectivity index (χ3n) is 7.38. The number of nitrogens with zero attached hydrogens (tertiary/aromatic N) is 2. The van der Waals surface area contributed by atoms with Gasteiger partial charge in [-0.1, -0.05) is 6.07 Å². The van der Waals surface area contributed by atoms with Crippen molar-refractivity contribution in [2.75, 3.05) is 35.7 Å². The Morgan fingerprint density at radius 1 is 1.04 bits per heavy atom. The monoisotopic (exact) mass is 708 g/mol. The van der Waals surface area contributed by atoms with Gasteiger partial charge < -0.3 is 30.2 Å². The highest BCUT2D eigenvalue weighted by molar-refractivity contribution is 8.00. The zero-order valence-electron chi connectivity index (χ0n) is 27.4. The second-order valence-electron chi connectivity index (χ2n) is 12.2. The number of amides is 4. The fraction of sp³-hybridized carbons (Fsp3) is 0.353. The third kappa shape index (κ3) is 8.40. The van der Waals surface area contributed by atoms with Gasteiger partial charge in [0.15, 0.2) is 6.61 Å². The average molecular weight is 709 g/mol. The molecular weight excluding hydrogens is 673 g/mol. The summed E-state index contributed by atoms with van der Waals surface area (Å²) in [4.78, 5) is 81.2. The fourth-order valence-corrected chi connectivity index (χ4v) is 7.63. The van der Waals surface area contributed by atoms with E-state index in [1.165, 1.54) is 40.9 Å². The molecule has 0 aliphatic carbocycles. The van der Waals surface area contributed by atoms with Gasteiger partial charge in [-0.25, -0.2) is 19.3 Å². The average Bonchev–Trinajstić information content (AvgIpc) is 3.53. The second-order valence-corrected chi connectivity index (χ2v) is 14.6. The quantitative estimate of drug-likeness (QED) is 0.132. The number of ether oxygens (including phenoxy) is 3. The van der Waals surface area contributed by atoms with Crippen LogP contribution >= 0.6 is 23.1 Å². The maximum Gasteiger partial charge on any atom is 0.410 e. The lowest BCUT2D eigenvalue weighted by atomic mass is 10.0. The minimum absolute atomic E-state index is 0.0182. The number of rotatable bonds is 9. The summed E-state index contributed by atoms with van der Waals surface area (Å²) in [5.41, 5.74) is 7.01. The highest BCUT2D eigenvalue weighted by Crippen LogP contribution is 2.38. The van der Waals surface area contributed by atoms with Crippen LogP contribution < -0.4 is 16.0 Å². The first-order chi connectivity index (χ1) is 23.2. The molecule has 1 unspecified atom stereocenters. The normalized spacial score (nSPS) is 15.9. The Hall–Kier alpha value is -4.89. The lowest BCUT2D eigenvalue weighted by molar-refractivity contribution is -0.121. The molecule has 15 heteroatoms. The van der Waals surface area contributed by atoms with Crippen LogP contribution in [0.25, 0.3) is 0 Å². The molecule has 0 spiro atoms. The van der Waals surface area contributed by atoms with E-state index in [1.807, 2.05) is 6.07 Å². The van der Waals surface area contributed by atoms with Crippen molar-refractivity contribution in [3.05, 3.63) is 70.1 Å². The molecule has 5 rings (SSSR count). The summed E-state index contributed by atoms with van der Waals surface area (Å²) in [5.74, 6) is -2.84. The first-order valence-corrected chi connectivity index (χ1v) is 17.2. The lowest BCUT2D eigenvalue weighted by Gasteiger charge is -2.30. The van der Waals surface area contributed by atoms with Crippen LogP contribution in [0.2, 0.25) is 0 Å². The van der Waals surface area contributed by atoms with Crippen LogP contribution in [0.1, 0.15) is 65.3 Å². The van der Waals surface area contributed by atoms with Crippen molar-refractivity contribution in [2.24, 2.45) is 0 Å². The number of esters is 2. The fourth-order valence-electron chi connectivity index (χ4n) is 5.24. The number of hydrogen-bond acceptors (Lipinski definition) is 12. The van der Waals surface area contributed by atoms with Crippen molar-refractivity contribution >= 4 is 75.2 Å². The molecule has 3 heterocycles. The summed E-state index contributed by atoms with van der Waals surface area (Å²) in [6.07, 6.45) is -0.105. The van der Waals surface area contributed by atoms with Gasteiger partial charge in [0, 0.05) is 28.4 Å². The molecule has 1 atom stereocenters. The molecule has 0 bridgehead atoms. The molecule has 2 aliphatic heterocycles. The molecule has 4 amide bonds. The van der Waals surface area contributed by atoms with Crippen molar-refractivity contribution < 1.29 is 43.0 Å². The molecule has 1 fully saturated rings. The van der Waals surface area contributed by atoms with Crippen LogP contribution in [-0.2, 0) is 41.6 Å². The number of fused-ring (bicyclic) bond motifs is 1. The van der Waals surface area contributed by atoms with Crippen LogP contribution in [0.4, 0.5) is 21.2 Å². The number of carbonyl (C=O) groups is 6. The predicted octanol–water partition coefficient (Wildman–Crippen LogP) is 5.02. The molecule has 49 heavy (non-hydrogen) atoms. The van der Waals surface area contributed by atoms with Gasteiger partial charge in [0.25, 0.3) is 5.91 Å². The molecule has 1 saturated heterocycles. The van der Waals surface area contributed by atoms with Gasteiger partial charge in [0.1, 0.15) is 10.6 Å². The summed E-state index contributed by atoms with van der Waals surface area (Å²) < 4.78 is 15.9. The highest BCUT2D eigenvalue weighted by Gasteiger charge is 2.40. The van der Waals surface area contributed by atoms with Crippen LogP contribution in [0.5, 0.6) is 0 Å².